The number of fused-ring (bicyclic) bond motifs is 1. The summed E-state index contributed by atoms with van der Waals surface area (Å²) in [6.07, 6.45) is 1.08. The minimum Gasteiger partial charge on any atom is -0.496 e. The zero-order chi connectivity index (χ0) is 21.1. The summed E-state index contributed by atoms with van der Waals surface area (Å²) in [7, 11) is 1.64. The molecule has 1 saturated heterocycles. The Hall–Kier alpha value is -2.80. The third-order valence-corrected chi connectivity index (χ3v) is 6.03. The molecule has 2 aromatic carbocycles. The zero-order valence-electron chi connectivity index (χ0n) is 16.9. The molecule has 4 rings (SSSR count). The van der Waals surface area contributed by atoms with Gasteiger partial charge < -0.3 is 19.5 Å². The fourth-order valence-corrected chi connectivity index (χ4v) is 4.24. The van der Waals surface area contributed by atoms with Gasteiger partial charge in [0.05, 0.1) is 7.11 Å². The molecule has 156 valence electrons. The summed E-state index contributed by atoms with van der Waals surface area (Å²) in [6, 6.07) is 15.5. The van der Waals surface area contributed by atoms with E-state index in [2.05, 4.69) is 20.9 Å². The number of amides is 2. The van der Waals surface area contributed by atoms with Crippen molar-refractivity contribution in [3.05, 3.63) is 64.3 Å². The number of ether oxygens (including phenoxy) is 1. The van der Waals surface area contributed by atoms with Gasteiger partial charge in [-0.15, -0.1) is 0 Å². The van der Waals surface area contributed by atoms with E-state index < -0.39 is 0 Å². The Kier molecular flexibility index (Phi) is 6.08. The maximum Gasteiger partial charge on any atom is 0.270 e. The van der Waals surface area contributed by atoms with E-state index in [1.54, 1.807) is 7.11 Å². The molecule has 2 amide bonds. The maximum atomic E-state index is 12.9. The van der Waals surface area contributed by atoms with E-state index in [9.17, 15) is 9.59 Å². The van der Waals surface area contributed by atoms with Gasteiger partial charge >= 0.3 is 0 Å². The van der Waals surface area contributed by atoms with E-state index in [4.69, 9.17) is 4.74 Å². The van der Waals surface area contributed by atoms with Crippen LogP contribution in [0.1, 0.15) is 22.5 Å². The first-order chi connectivity index (χ1) is 14.5. The van der Waals surface area contributed by atoms with Crippen molar-refractivity contribution in [1.29, 1.82) is 0 Å². The summed E-state index contributed by atoms with van der Waals surface area (Å²) in [4.78, 5) is 32.4. The number of aromatic amines is 1. The topological polar surface area (TPSA) is 65.6 Å². The largest absolute Gasteiger partial charge is 0.496 e. The van der Waals surface area contributed by atoms with Crippen molar-refractivity contribution in [3.8, 4) is 5.75 Å². The average Bonchev–Trinajstić information content (AvgIpc) is 3.20. The predicted molar refractivity (Wildman–Crippen MR) is 120 cm³/mol. The Morgan fingerprint density at radius 2 is 1.77 bits per heavy atom. The fraction of sp³-hybridized carbons (Fsp3) is 0.304. The van der Waals surface area contributed by atoms with Crippen molar-refractivity contribution < 1.29 is 14.3 Å². The molecule has 0 saturated carbocycles. The van der Waals surface area contributed by atoms with Crippen molar-refractivity contribution in [2.45, 2.75) is 12.8 Å². The number of halogens is 1. The number of nitrogens with zero attached hydrogens (tertiary/aromatic N) is 2. The van der Waals surface area contributed by atoms with Crippen LogP contribution in [0.25, 0.3) is 10.9 Å². The molecule has 1 aromatic heterocycles. The second kappa shape index (κ2) is 8.92. The van der Waals surface area contributed by atoms with Gasteiger partial charge in [-0.25, -0.2) is 0 Å². The van der Waals surface area contributed by atoms with Crippen LogP contribution in [0.5, 0.6) is 5.75 Å². The maximum absolute atomic E-state index is 12.9. The molecule has 30 heavy (non-hydrogen) atoms. The molecule has 0 unspecified atom stereocenters. The van der Waals surface area contributed by atoms with E-state index in [0.717, 1.165) is 26.7 Å². The molecule has 0 bridgehead atoms. The van der Waals surface area contributed by atoms with E-state index in [1.807, 2.05) is 58.3 Å². The van der Waals surface area contributed by atoms with Crippen LogP contribution in [-0.2, 0) is 11.2 Å². The molecule has 0 radical (unpaired) electrons. The number of carbonyl (C=O) groups excluding carboxylic acids is 2. The Morgan fingerprint density at radius 1 is 1.03 bits per heavy atom. The number of H-pyrrole nitrogens is 1. The van der Waals surface area contributed by atoms with Crippen molar-refractivity contribution in [2.75, 3.05) is 33.3 Å². The highest BCUT2D eigenvalue weighted by Gasteiger charge is 2.25. The lowest BCUT2D eigenvalue weighted by atomic mass is 10.1. The number of hydrogen-bond donors (Lipinski definition) is 1. The van der Waals surface area contributed by atoms with Gasteiger partial charge in [-0.2, -0.15) is 0 Å². The van der Waals surface area contributed by atoms with Crippen molar-refractivity contribution in [2.24, 2.45) is 0 Å². The van der Waals surface area contributed by atoms with Crippen molar-refractivity contribution >= 4 is 38.6 Å². The van der Waals surface area contributed by atoms with Crippen molar-refractivity contribution in [1.82, 2.24) is 14.8 Å². The molecular formula is C23H24BrN3O3. The quantitative estimate of drug-likeness (QED) is 0.616. The highest BCUT2D eigenvalue weighted by molar-refractivity contribution is 9.10. The molecule has 1 aliphatic rings. The molecule has 0 spiro atoms. The standard InChI is InChI=1S/C23H24BrN3O3/c1-30-21-5-3-2-4-16(21)6-9-22(28)26-10-12-27(13-11-26)23(29)20-15-17-14-18(24)7-8-19(17)25-20/h2-5,7-8,14-15,25H,6,9-13H2,1H3. The summed E-state index contributed by atoms with van der Waals surface area (Å²) in [6.45, 7) is 2.20. The van der Waals surface area contributed by atoms with Crippen LogP contribution in [0, 0.1) is 0 Å². The van der Waals surface area contributed by atoms with Gasteiger partial charge in [0.1, 0.15) is 11.4 Å². The molecule has 3 aromatic rings. The molecule has 6 nitrogen and oxygen atoms in total. The van der Waals surface area contributed by atoms with E-state index in [-0.39, 0.29) is 11.8 Å². The van der Waals surface area contributed by atoms with Gasteiger partial charge in [-0.3, -0.25) is 9.59 Å². The number of aryl methyl sites for hydroxylation is 1. The molecule has 1 fully saturated rings. The predicted octanol–water partition coefficient (Wildman–Crippen LogP) is 3.86. The molecule has 7 heteroatoms. The average molecular weight is 470 g/mol. The number of hydrogen-bond acceptors (Lipinski definition) is 3. The van der Waals surface area contributed by atoms with Gasteiger partial charge in [0, 0.05) is 48.0 Å². The van der Waals surface area contributed by atoms with Crippen molar-refractivity contribution in [3.63, 3.8) is 0 Å². The highest BCUT2D eigenvalue weighted by Crippen LogP contribution is 2.22. The zero-order valence-corrected chi connectivity index (χ0v) is 18.4. The summed E-state index contributed by atoms with van der Waals surface area (Å²) >= 11 is 3.46. The Bertz CT molecular complexity index is 1070. The molecular weight excluding hydrogens is 446 g/mol. The molecule has 1 N–H and O–H groups in total. The SMILES string of the molecule is COc1ccccc1CCC(=O)N1CCN(C(=O)c2cc3cc(Br)ccc3[nH]2)CC1. The van der Waals surface area contributed by atoms with Crippen LogP contribution in [0.4, 0.5) is 0 Å². The minimum atomic E-state index is -0.0246. The van der Waals surface area contributed by atoms with E-state index in [1.165, 1.54) is 0 Å². The molecule has 0 atom stereocenters. The number of methoxy groups -OCH3 is 1. The number of piperazine rings is 1. The molecule has 2 heterocycles. The van der Waals surface area contributed by atoms with Gasteiger partial charge in [0.25, 0.3) is 5.91 Å². The third-order valence-electron chi connectivity index (χ3n) is 5.53. The monoisotopic (exact) mass is 469 g/mol. The Labute approximate surface area is 183 Å². The Balaban J connectivity index is 1.32. The second-order valence-electron chi connectivity index (χ2n) is 7.40. The highest BCUT2D eigenvalue weighted by atomic mass is 79.9. The number of nitrogens with one attached hydrogen (secondary N) is 1. The van der Waals surface area contributed by atoms with Crippen LogP contribution in [0.2, 0.25) is 0 Å². The second-order valence-corrected chi connectivity index (χ2v) is 8.32. The van der Waals surface area contributed by atoms with E-state index >= 15 is 0 Å². The normalized spacial score (nSPS) is 14.2. The number of para-hydroxylation sites is 1. The first-order valence-corrected chi connectivity index (χ1v) is 10.8. The lowest BCUT2D eigenvalue weighted by Gasteiger charge is -2.34. The summed E-state index contributed by atoms with van der Waals surface area (Å²) in [5.74, 6) is 0.901. The molecule has 1 aliphatic heterocycles. The fourth-order valence-electron chi connectivity index (χ4n) is 3.86. The van der Waals surface area contributed by atoms with Crippen LogP contribution in [0.3, 0.4) is 0 Å². The van der Waals surface area contributed by atoms with Crippen LogP contribution in [0.15, 0.2) is 53.0 Å². The van der Waals surface area contributed by atoms with Gasteiger partial charge in [0.2, 0.25) is 5.91 Å². The van der Waals surface area contributed by atoms with Gasteiger partial charge in [0.15, 0.2) is 0 Å². The minimum absolute atomic E-state index is 0.0246. The number of aromatic nitrogens is 1. The van der Waals surface area contributed by atoms with Gasteiger partial charge in [-0.05, 0) is 42.3 Å². The smallest absolute Gasteiger partial charge is 0.270 e. The van der Waals surface area contributed by atoms with E-state index in [0.29, 0.717) is 44.7 Å². The van der Waals surface area contributed by atoms with Crippen LogP contribution in [-0.4, -0.2) is 59.9 Å². The summed E-state index contributed by atoms with van der Waals surface area (Å²) in [5, 5.41) is 0.998. The number of benzene rings is 2. The number of carbonyl (C=O) groups is 2. The first-order valence-electron chi connectivity index (χ1n) is 10.0. The Morgan fingerprint density at radius 3 is 2.53 bits per heavy atom. The first kappa shape index (κ1) is 20.5. The van der Waals surface area contributed by atoms with Crippen LogP contribution < -0.4 is 4.74 Å². The summed E-state index contributed by atoms with van der Waals surface area (Å²) < 4.78 is 6.34. The number of rotatable bonds is 5. The lowest BCUT2D eigenvalue weighted by Crippen LogP contribution is -2.50. The lowest BCUT2D eigenvalue weighted by molar-refractivity contribution is -0.132. The third kappa shape index (κ3) is 4.36. The molecule has 0 aliphatic carbocycles. The summed E-state index contributed by atoms with van der Waals surface area (Å²) in [5.41, 5.74) is 2.55. The van der Waals surface area contributed by atoms with Crippen LogP contribution >= 0.6 is 15.9 Å². The van der Waals surface area contributed by atoms with Gasteiger partial charge in [-0.1, -0.05) is 34.1 Å².